The molecule has 0 aliphatic heterocycles. The summed E-state index contributed by atoms with van der Waals surface area (Å²) in [5.41, 5.74) is 9.33. The van der Waals surface area contributed by atoms with Crippen LogP contribution in [0.3, 0.4) is 0 Å². The number of ether oxygens (including phenoxy) is 2. The molecule has 0 aromatic heterocycles. The summed E-state index contributed by atoms with van der Waals surface area (Å²) < 4.78 is 11.6. The van der Waals surface area contributed by atoms with Crippen molar-refractivity contribution in [3.05, 3.63) is 89.5 Å². The Morgan fingerprint density at radius 1 is 0.900 bits per heavy atom. The number of rotatable bonds is 14. The Balaban J connectivity index is 1.47. The quantitative estimate of drug-likeness (QED) is 0.168. The first-order chi connectivity index (χ1) is 19.0. The van der Waals surface area contributed by atoms with Gasteiger partial charge in [0.1, 0.15) is 12.4 Å². The summed E-state index contributed by atoms with van der Waals surface area (Å²) in [5.74, 6) is 0.639. The number of phenolic OH excluding ortho intramolecular Hbond substituents is 2. The second-order valence-corrected chi connectivity index (χ2v) is 11.6. The molecule has 216 valence electrons. The highest BCUT2D eigenvalue weighted by Gasteiger charge is 2.21. The summed E-state index contributed by atoms with van der Waals surface area (Å²) in [6.45, 7) is 10.5. The van der Waals surface area contributed by atoms with Crippen LogP contribution < -0.4 is 10.5 Å². The largest absolute Gasteiger partial charge is 0.504 e. The summed E-state index contributed by atoms with van der Waals surface area (Å²) in [6, 6.07) is 22.2. The minimum Gasteiger partial charge on any atom is -0.504 e. The van der Waals surface area contributed by atoms with Crippen LogP contribution in [0.25, 0.3) is 0 Å². The van der Waals surface area contributed by atoms with Crippen LogP contribution in [-0.4, -0.2) is 47.4 Å². The van der Waals surface area contributed by atoms with Crippen LogP contribution >= 0.6 is 0 Å². The summed E-state index contributed by atoms with van der Waals surface area (Å²) >= 11 is 0. The van der Waals surface area contributed by atoms with Crippen molar-refractivity contribution in [1.82, 2.24) is 4.90 Å². The van der Waals surface area contributed by atoms with Crippen molar-refractivity contribution < 1.29 is 24.5 Å². The third-order valence-corrected chi connectivity index (χ3v) is 6.65. The van der Waals surface area contributed by atoms with E-state index in [4.69, 9.17) is 15.2 Å². The lowest BCUT2D eigenvalue weighted by Gasteiger charge is -2.27. The zero-order valence-corrected chi connectivity index (χ0v) is 24.2. The van der Waals surface area contributed by atoms with E-state index in [2.05, 4.69) is 27.7 Å². The van der Waals surface area contributed by atoms with Gasteiger partial charge in [-0.1, -0.05) is 76.2 Å². The van der Waals surface area contributed by atoms with Crippen LogP contribution in [0.2, 0.25) is 0 Å². The van der Waals surface area contributed by atoms with Gasteiger partial charge >= 0.3 is 0 Å². The molecule has 0 heterocycles. The Bertz CT molecular complexity index is 1190. The number of hydrogen-bond donors (Lipinski definition) is 3. The lowest BCUT2D eigenvalue weighted by atomic mass is 9.84. The van der Waals surface area contributed by atoms with Gasteiger partial charge in [0.15, 0.2) is 11.5 Å². The first-order valence-corrected chi connectivity index (χ1v) is 13.9. The Kier molecular flexibility index (Phi) is 11.4. The molecule has 0 spiro atoms. The molecule has 2 atom stereocenters. The molecule has 0 aliphatic carbocycles. The molecule has 0 saturated carbocycles. The van der Waals surface area contributed by atoms with Crippen LogP contribution in [-0.2, 0) is 16.1 Å². The maximum Gasteiger partial charge on any atom is 0.223 e. The first kappa shape index (κ1) is 31.0. The van der Waals surface area contributed by atoms with Crippen molar-refractivity contribution in [2.45, 2.75) is 53.1 Å². The van der Waals surface area contributed by atoms with E-state index in [1.54, 1.807) is 11.0 Å². The number of nitrogens with zero attached hydrogens (tertiary/aromatic N) is 1. The first-order valence-electron chi connectivity index (χ1n) is 13.9. The molecule has 3 aromatic carbocycles. The number of carbonyl (C=O) groups excluding carboxylic acids is 1. The molecule has 7 heteroatoms. The van der Waals surface area contributed by atoms with E-state index in [9.17, 15) is 15.0 Å². The van der Waals surface area contributed by atoms with E-state index in [0.29, 0.717) is 39.3 Å². The van der Waals surface area contributed by atoms with Crippen molar-refractivity contribution in [3.8, 4) is 17.2 Å². The zero-order chi connectivity index (χ0) is 29.1. The predicted octanol–water partition coefficient (Wildman–Crippen LogP) is 6.03. The molecular weight excluding hydrogens is 504 g/mol. The third kappa shape index (κ3) is 10.2. The van der Waals surface area contributed by atoms with Crippen molar-refractivity contribution in [2.75, 3.05) is 26.4 Å². The monoisotopic (exact) mass is 548 g/mol. The minimum atomic E-state index is -0.200. The van der Waals surface area contributed by atoms with Crippen molar-refractivity contribution in [3.63, 3.8) is 0 Å². The molecule has 1 amide bonds. The van der Waals surface area contributed by atoms with Gasteiger partial charge in [0.05, 0.1) is 19.3 Å². The molecule has 0 aliphatic rings. The molecule has 40 heavy (non-hydrogen) atoms. The lowest BCUT2D eigenvalue weighted by Crippen LogP contribution is -2.35. The fourth-order valence-corrected chi connectivity index (χ4v) is 4.84. The minimum absolute atomic E-state index is 0.0398. The normalized spacial score (nSPS) is 13.0. The summed E-state index contributed by atoms with van der Waals surface area (Å²) in [4.78, 5) is 14.9. The number of aromatic hydroxyl groups is 2. The van der Waals surface area contributed by atoms with Gasteiger partial charge in [-0.25, -0.2) is 0 Å². The highest BCUT2D eigenvalue weighted by atomic mass is 16.5. The van der Waals surface area contributed by atoms with E-state index in [0.717, 1.165) is 28.9 Å². The summed E-state index contributed by atoms with van der Waals surface area (Å²) in [5, 5.41) is 19.5. The number of phenols is 2. The van der Waals surface area contributed by atoms with Gasteiger partial charge in [-0.2, -0.15) is 0 Å². The van der Waals surface area contributed by atoms with Gasteiger partial charge in [-0.15, -0.1) is 0 Å². The molecule has 2 unspecified atom stereocenters. The molecule has 7 nitrogen and oxygen atoms in total. The fraction of sp³-hybridized carbons (Fsp3) is 0.424. The number of amides is 1. The standard InChI is InChI=1S/C33H44N2O5/c1-24(22-33(2,3)4)20-31(38)35(23-25-10-15-29(36)30(37)21-25)16-17-39-18-19-40-28-13-11-27(12-14-28)32(34)26-8-6-5-7-9-26/h5-15,21,24,32,36-37H,16-20,22-23,34H2,1-4H3. The van der Waals surface area contributed by atoms with Gasteiger partial charge < -0.3 is 30.3 Å². The number of hydrogen-bond acceptors (Lipinski definition) is 6. The highest BCUT2D eigenvalue weighted by molar-refractivity contribution is 5.76. The molecule has 0 radical (unpaired) electrons. The Hall–Kier alpha value is -3.55. The molecule has 0 saturated heterocycles. The van der Waals surface area contributed by atoms with Crippen LogP contribution in [0.4, 0.5) is 0 Å². The lowest BCUT2D eigenvalue weighted by molar-refractivity contribution is -0.133. The van der Waals surface area contributed by atoms with Gasteiger partial charge in [-0.3, -0.25) is 4.79 Å². The smallest absolute Gasteiger partial charge is 0.223 e. The van der Waals surface area contributed by atoms with E-state index in [1.165, 1.54) is 12.1 Å². The Morgan fingerprint density at radius 3 is 2.23 bits per heavy atom. The molecule has 3 aromatic rings. The van der Waals surface area contributed by atoms with E-state index in [-0.39, 0.29) is 34.8 Å². The molecule has 0 fully saturated rings. The van der Waals surface area contributed by atoms with Crippen molar-refractivity contribution in [2.24, 2.45) is 17.1 Å². The second-order valence-electron chi connectivity index (χ2n) is 11.6. The number of carbonyl (C=O) groups is 1. The topological polar surface area (TPSA) is 105 Å². The average molecular weight is 549 g/mol. The van der Waals surface area contributed by atoms with Crippen molar-refractivity contribution in [1.29, 1.82) is 0 Å². The van der Waals surface area contributed by atoms with Gasteiger partial charge in [-0.05, 0) is 58.7 Å². The van der Waals surface area contributed by atoms with Gasteiger partial charge in [0, 0.05) is 19.5 Å². The third-order valence-electron chi connectivity index (χ3n) is 6.65. The van der Waals surface area contributed by atoms with Crippen molar-refractivity contribution >= 4 is 5.91 Å². The highest BCUT2D eigenvalue weighted by Crippen LogP contribution is 2.28. The van der Waals surface area contributed by atoms with Gasteiger partial charge in [0.25, 0.3) is 0 Å². The van der Waals surface area contributed by atoms with Crippen LogP contribution in [0.15, 0.2) is 72.8 Å². The molecule has 3 rings (SSSR count). The fourth-order valence-electron chi connectivity index (χ4n) is 4.84. The molecule has 4 N–H and O–H groups in total. The number of benzene rings is 3. The molecular formula is C33H44N2O5. The molecule has 0 bridgehead atoms. The average Bonchev–Trinajstić information content (AvgIpc) is 2.91. The maximum absolute atomic E-state index is 13.2. The van der Waals surface area contributed by atoms with Crippen LogP contribution in [0.5, 0.6) is 17.2 Å². The zero-order valence-electron chi connectivity index (χ0n) is 24.2. The number of nitrogens with two attached hydrogens (primary N) is 1. The summed E-state index contributed by atoms with van der Waals surface area (Å²) in [7, 11) is 0. The maximum atomic E-state index is 13.2. The van der Waals surface area contributed by atoms with Crippen LogP contribution in [0, 0.1) is 11.3 Å². The van der Waals surface area contributed by atoms with E-state index >= 15 is 0 Å². The predicted molar refractivity (Wildman–Crippen MR) is 158 cm³/mol. The van der Waals surface area contributed by atoms with Crippen LogP contribution in [0.1, 0.15) is 63.3 Å². The Morgan fingerprint density at radius 2 is 1.57 bits per heavy atom. The SMILES string of the molecule is CC(CC(=O)N(CCOCCOc1ccc(C(N)c2ccccc2)cc1)Cc1ccc(O)c(O)c1)CC(C)(C)C. The van der Waals surface area contributed by atoms with E-state index < -0.39 is 0 Å². The van der Waals surface area contributed by atoms with Gasteiger partial charge in [0.2, 0.25) is 5.91 Å². The second kappa shape index (κ2) is 14.7. The Labute approximate surface area is 238 Å². The summed E-state index contributed by atoms with van der Waals surface area (Å²) in [6.07, 6.45) is 1.38. The van der Waals surface area contributed by atoms with E-state index in [1.807, 2.05) is 54.6 Å².